The van der Waals surface area contributed by atoms with Crippen molar-refractivity contribution in [1.29, 1.82) is 0 Å². The lowest BCUT2D eigenvalue weighted by Crippen LogP contribution is -2.42. The Kier molecular flexibility index (Phi) is 1.81. The second-order valence-electron chi connectivity index (χ2n) is 5.52. The molecule has 0 amide bonds. The number of fused-ring (bicyclic) bond motifs is 1. The van der Waals surface area contributed by atoms with Crippen LogP contribution in [0.3, 0.4) is 0 Å². The van der Waals surface area contributed by atoms with Gasteiger partial charge in [-0.1, -0.05) is 0 Å². The number of ether oxygens (including phenoxy) is 1. The molecule has 4 heteroatoms. The van der Waals surface area contributed by atoms with Gasteiger partial charge in [0.2, 0.25) is 0 Å². The molecule has 3 fully saturated rings. The molecule has 1 saturated carbocycles. The maximum Gasteiger partial charge on any atom is 0.255 e. The van der Waals surface area contributed by atoms with E-state index in [-0.39, 0.29) is 12.0 Å². The number of rotatable bonds is 2. The first-order chi connectivity index (χ1) is 7.04. The van der Waals surface area contributed by atoms with Crippen LogP contribution < -0.4 is 0 Å². The van der Waals surface area contributed by atoms with Crippen LogP contribution in [0, 0.1) is 5.41 Å². The fourth-order valence-electron chi connectivity index (χ4n) is 3.72. The van der Waals surface area contributed by atoms with Gasteiger partial charge in [0.25, 0.3) is 5.92 Å². The van der Waals surface area contributed by atoms with Crippen molar-refractivity contribution in [3.8, 4) is 0 Å². The molecule has 1 aliphatic carbocycles. The van der Waals surface area contributed by atoms with Gasteiger partial charge in [0, 0.05) is 25.6 Å². The minimum Gasteiger partial charge on any atom is -0.383 e. The van der Waals surface area contributed by atoms with Gasteiger partial charge in [-0.3, -0.25) is 4.90 Å². The summed E-state index contributed by atoms with van der Waals surface area (Å²) in [6.45, 7) is 2.18. The minimum absolute atomic E-state index is 0.0608. The minimum atomic E-state index is -2.40. The Morgan fingerprint density at radius 2 is 2.07 bits per heavy atom. The molecule has 2 aliphatic heterocycles. The van der Waals surface area contributed by atoms with Gasteiger partial charge in [0.1, 0.15) is 0 Å². The van der Waals surface area contributed by atoms with Gasteiger partial charge in [0.15, 0.2) is 0 Å². The highest BCUT2D eigenvalue weighted by Gasteiger charge is 2.76. The maximum atomic E-state index is 13.3. The summed E-state index contributed by atoms with van der Waals surface area (Å²) in [5.41, 5.74) is -0.749. The van der Waals surface area contributed by atoms with E-state index in [1.807, 2.05) is 0 Å². The summed E-state index contributed by atoms with van der Waals surface area (Å²) in [7, 11) is 1.67. The van der Waals surface area contributed by atoms with Crippen LogP contribution >= 0.6 is 0 Å². The second kappa shape index (κ2) is 2.72. The smallest absolute Gasteiger partial charge is 0.255 e. The first kappa shape index (κ1) is 9.97. The maximum absolute atomic E-state index is 13.3. The standard InChI is InChI=1S/C11H17F2NO/c1-15-8-10-3-2-4-14(10)7-9(5-10)6-11(9,12)13/h2-8H2,1H3/t9-,10?/m0/s1. The zero-order chi connectivity index (χ0) is 10.7. The van der Waals surface area contributed by atoms with Crippen molar-refractivity contribution in [3.63, 3.8) is 0 Å². The zero-order valence-electron chi connectivity index (χ0n) is 9.06. The Hall–Kier alpha value is -0.220. The SMILES string of the molecule is COCC12CCCN1C[C@]1(C2)CC1(F)F. The average Bonchev–Trinajstić information content (AvgIpc) is 2.43. The number of hydrogen-bond acceptors (Lipinski definition) is 2. The van der Waals surface area contributed by atoms with Gasteiger partial charge < -0.3 is 4.74 Å². The molecule has 0 N–H and O–H groups in total. The molecule has 3 aliphatic rings. The van der Waals surface area contributed by atoms with E-state index in [0.29, 0.717) is 19.6 Å². The van der Waals surface area contributed by atoms with E-state index in [4.69, 9.17) is 4.74 Å². The van der Waals surface area contributed by atoms with E-state index < -0.39 is 11.3 Å². The summed E-state index contributed by atoms with van der Waals surface area (Å²) in [5.74, 6) is -2.40. The lowest BCUT2D eigenvalue weighted by atomic mass is 9.89. The Morgan fingerprint density at radius 3 is 2.67 bits per heavy atom. The Balaban J connectivity index is 1.83. The number of methoxy groups -OCH3 is 1. The van der Waals surface area contributed by atoms with Crippen LogP contribution in [-0.2, 0) is 4.74 Å². The highest BCUT2D eigenvalue weighted by molar-refractivity contribution is 5.22. The van der Waals surface area contributed by atoms with Crippen LogP contribution in [0.5, 0.6) is 0 Å². The van der Waals surface area contributed by atoms with E-state index in [0.717, 1.165) is 19.4 Å². The molecule has 1 spiro atoms. The van der Waals surface area contributed by atoms with Crippen molar-refractivity contribution in [2.75, 3.05) is 26.8 Å². The van der Waals surface area contributed by atoms with Gasteiger partial charge in [-0.15, -0.1) is 0 Å². The molecule has 0 aromatic rings. The molecule has 2 atom stereocenters. The van der Waals surface area contributed by atoms with Crippen molar-refractivity contribution < 1.29 is 13.5 Å². The van der Waals surface area contributed by atoms with Crippen LogP contribution in [-0.4, -0.2) is 43.2 Å². The average molecular weight is 217 g/mol. The summed E-state index contributed by atoms with van der Waals surface area (Å²) >= 11 is 0. The number of hydrogen-bond donors (Lipinski definition) is 0. The van der Waals surface area contributed by atoms with Gasteiger partial charge >= 0.3 is 0 Å². The van der Waals surface area contributed by atoms with E-state index in [2.05, 4.69) is 4.90 Å². The number of nitrogens with zero attached hydrogens (tertiary/aromatic N) is 1. The second-order valence-corrected chi connectivity index (χ2v) is 5.52. The van der Waals surface area contributed by atoms with Crippen molar-refractivity contribution in [3.05, 3.63) is 0 Å². The van der Waals surface area contributed by atoms with Crippen LogP contribution in [0.2, 0.25) is 0 Å². The van der Waals surface area contributed by atoms with Crippen LogP contribution in [0.25, 0.3) is 0 Å². The Morgan fingerprint density at radius 1 is 1.33 bits per heavy atom. The molecule has 15 heavy (non-hydrogen) atoms. The molecular weight excluding hydrogens is 200 g/mol. The van der Waals surface area contributed by atoms with Crippen LogP contribution in [0.4, 0.5) is 8.78 Å². The lowest BCUT2D eigenvalue weighted by molar-refractivity contribution is 0.0581. The molecule has 3 rings (SSSR count). The van der Waals surface area contributed by atoms with Crippen molar-refractivity contribution in [2.45, 2.75) is 37.1 Å². The largest absolute Gasteiger partial charge is 0.383 e. The van der Waals surface area contributed by atoms with Crippen molar-refractivity contribution in [2.24, 2.45) is 5.41 Å². The van der Waals surface area contributed by atoms with E-state index in [9.17, 15) is 8.78 Å². The zero-order valence-corrected chi connectivity index (χ0v) is 9.06. The lowest BCUT2D eigenvalue weighted by Gasteiger charge is -2.30. The first-order valence-electron chi connectivity index (χ1n) is 5.66. The van der Waals surface area contributed by atoms with E-state index >= 15 is 0 Å². The third kappa shape index (κ3) is 1.15. The number of alkyl halides is 2. The summed E-state index contributed by atoms with van der Waals surface area (Å²) in [4.78, 5) is 2.25. The molecule has 2 nitrogen and oxygen atoms in total. The van der Waals surface area contributed by atoms with E-state index in [1.165, 1.54) is 0 Å². The molecule has 0 bridgehead atoms. The predicted molar refractivity (Wildman–Crippen MR) is 52.0 cm³/mol. The molecule has 0 radical (unpaired) electrons. The van der Waals surface area contributed by atoms with Crippen molar-refractivity contribution in [1.82, 2.24) is 4.90 Å². The Bertz CT molecular complexity index is 296. The van der Waals surface area contributed by atoms with Gasteiger partial charge in [0.05, 0.1) is 12.0 Å². The van der Waals surface area contributed by atoms with E-state index in [1.54, 1.807) is 7.11 Å². The molecule has 2 heterocycles. The molecule has 0 aromatic carbocycles. The fourth-order valence-corrected chi connectivity index (χ4v) is 3.72. The van der Waals surface area contributed by atoms with Crippen molar-refractivity contribution >= 4 is 0 Å². The third-order valence-electron chi connectivity index (χ3n) is 4.53. The molecule has 1 unspecified atom stereocenters. The fraction of sp³-hybridized carbons (Fsp3) is 1.00. The quantitative estimate of drug-likeness (QED) is 0.700. The number of halogens is 2. The summed E-state index contributed by atoms with van der Waals surface area (Å²) < 4.78 is 31.9. The summed E-state index contributed by atoms with van der Waals surface area (Å²) in [5, 5.41) is 0. The van der Waals surface area contributed by atoms with Gasteiger partial charge in [-0.2, -0.15) is 0 Å². The monoisotopic (exact) mass is 217 g/mol. The molecule has 0 aromatic heterocycles. The highest BCUT2D eigenvalue weighted by Crippen LogP contribution is 2.69. The van der Waals surface area contributed by atoms with Gasteiger partial charge in [-0.05, 0) is 25.8 Å². The van der Waals surface area contributed by atoms with Crippen LogP contribution in [0.15, 0.2) is 0 Å². The molecule has 86 valence electrons. The summed E-state index contributed by atoms with van der Waals surface area (Å²) in [6.07, 6.45) is 2.90. The molecular formula is C11H17F2NO. The third-order valence-corrected chi connectivity index (χ3v) is 4.53. The predicted octanol–water partition coefficient (Wildman–Crippen LogP) is 1.90. The molecule has 2 saturated heterocycles. The topological polar surface area (TPSA) is 12.5 Å². The van der Waals surface area contributed by atoms with Crippen LogP contribution in [0.1, 0.15) is 25.7 Å². The summed E-state index contributed by atoms with van der Waals surface area (Å²) in [6, 6.07) is 0. The normalized spacial score (nSPS) is 47.4. The Labute approximate surface area is 88.6 Å². The highest BCUT2D eigenvalue weighted by atomic mass is 19.3. The first-order valence-corrected chi connectivity index (χ1v) is 5.66. The van der Waals surface area contributed by atoms with Gasteiger partial charge in [-0.25, -0.2) is 8.78 Å².